The first-order valence-electron chi connectivity index (χ1n) is 10.2. The summed E-state index contributed by atoms with van der Waals surface area (Å²) in [6, 6.07) is 13.3. The molecule has 0 spiro atoms. The highest BCUT2D eigenvalue weighted by atomic mass is 19.1. The van der Waals surface area contributed by atoms with Crippen molar-refractivity contribution >= 4 is 23.8 Å². The fourth-order valence-corrected chi connectivity index (χ4v) is 3.69. The third-order valence-corrected chi connectivity index (χ3v) is 5.26. The van der Waals surface area contributed by atoms with E-state index in [1.54, 1.807) is 23.1 Å². The third-order valence-electron chi connectivity index (χ3n) is 5.26. The van der Waals surface area contributed by atoms with Crippen molar-refractivity contribution in [3.63, 3.8) is 0 Å². The summed E-state index contributed by atoms with van der Waals surface area (Å²) in [6.07, 6.45) is 3.80. The van der Waals surface area contributed by atoms with Gasteiger partial charge in [-0.15, -0.1) is 0 Å². The molecule has 1 aromatic heterocycles. The van der Waals surface area contributed by atoms with Gasteiger partial charge in [0.05, 0.1) is 11.3 Å². The van der Waals surface area contributed by atoms with E-state index in [9.17, 15) is 9.18 Å². The standard InChI is InChI=1S/C23H23FN6O2/c24-19-11-17(32-16-6-2-1-3-7-16)8-9-18(19)21(25)20-22(26)27-13-28-23(20)29-15-5-4-10-30(12-15)14-31/h1-3,6-9,11,13-15,25H,4-5,10,12H2,(H3,26,27,28,29). The minimum atomic E-state index is -0.623. The molecule has 2 aromatic carbocycles. The summed E-state index contributed by atoms with van der Waals surface area (Å²) >= 11 is 0. The molecule has 3 aromatic rings. The number of carbonyl (C=O) groups is 1. The number of nitrogens with zero attached hydrogens (tertiary/aromatic N) is 3. The van der Waals surface area contributed by atoms with Crippen molar-refractivity contribution in [3.05, 3.63) is 71.8 Å². The van der Waals surface area contributed by atoms with Gasteiger partial charge in [-0.3, -0.25) is 10.2 Å². The van der Waals surface area contributed by atoms with E-state index >= 15 is 0 Å². The van der Waals surface area contributed by atoms with Gasteiger partial charge in [-0.2, -0.15) is 0 Å². The minimum absolute atomic E-state index is 0.0492. The Bertz CT molecular complexity index is 1120. The Kier molecular flexibility index (Phi) is 6.25. The molecule has 1 amide bonds. The Morgan fingerprint density at radius 1 is 1.22 bits per heavy atom. The molecule has 0 saturated carbocycles. The van der Waals surface area contributed by atoms with Crippen molar-refractivity contribution in [2.45, 2.75) is 18.9 Å². The largest absolute Gasteiger partial charge is 0.457 e. The van der Waals surface area contributed by atoms with Crippen molar-refractivity contribution in [3.8, 4) is 11.5 Å². The van der Waals surface area contributed by atoms with Crippen LogP contribution >= 0.6 is 0 Å². The lowest BCUT2D eigenvalue weighted by Gasteiger charge is -2.31. The average Bonchev–Trinajstić information content (AvgIpc) is 2.80. The molecule has 0 bridgehead atoms. The summed E-state index contributed by atoms with van der Waals surface area (Å²) in [5.74, 6) is 0.682. The van der Waals surface area contributed by atoms with E-state index in [4.69, 9.17) is 15.9 Å². The van der Waals surface area contributed by atoms with Crippen molar-refractivity contribution in [2.75, 3.05) is 24.1 Å². The first kappa shape index (κ1) is 21.2. The number of carbonyl (C=O) groups excluding carboxylic acids is 1. The molecule has 1 aliphatic rings. The quantitative estimate of drug-likeness (QED) is 0.387. The zero-order chi connectivity index (χ0) is 22.5. The van der Waals surface area contributed by atoms with E-state index in [0.29, 0.717) is 30.4 Å². The smallest absolute Gasteiger partial charge is 0.209 e. The molecule has 4 rings (SSSR count). The van der Waals surface area contributed by atoms with Gasteiger partial charge in [0.2, 0.25) is 6.41 Å². The number of rotatable bonds is 7. The van der Waals surface area contributed by atoms with Crippen molar-refractivity contribution in [2.24, 2.45) is 0 Å². The average molecular weight is 434 g/mol. The fraction of sp³-hybridized carbons (Fsp3) is 0.217. The van der Waals surface area contributed by atoms with Crippen LogP contribution in [0, 0.1) is 11.2 Å². The highest BCUT2D eigenvalue weighted by Crippen LogP contribution is 2.28. The van der Waals surface area contributed by atoms with Gasteiger partial charge in [0.1, 0.15) is 35.3 Å². The second kappa shape index (κ2) is 9.42. The fourth-order valence-electron chi connectivity index (χ4n) is 3.69. The molecule has 8 nitrogen and oxygen atoms in total. The number of aromatic nitrogens is 2. The number of nitrogens with two attached hydrogens (primary N) is 1. The summed E-state index contributed by atoms with van der Waals surface area (Å²) in [7, 11) is 0. The Morgan fingerprint density at radius 2 is 2.03 bits per heavy atom. The molecule has 1 fully saturated rings. The highest BCUT2D eigenvalue weighted by Gasteiger charge is 2.24. The number of likely N-dealkylation sites (tertiary alicyclic amines) is 1. The van der Waals surface area contributed by atoms with Gasteiger partial charge >= 0.3 is 0 Å². The Balaban J connectivity index is 1.58. The second-order valence-corrected chi connectivity index (χ2v) is 7.50. The van der Waals surface area contributed by atoms with Crippen LogP contribution in [0.1, 0.15) is 24.0 Å². The van der Waals surface area contributed by atoms with Crippen LogP contribution in [0.5, 0.6) is 11.5 Å². The number of hydrogen-bond acceptors (Lipinski definition) is 7. The molecule has 1 atom stereocenters. The molecular weight excluding hydrogens is 411 g/mol. The Hall–Kier alpha value is -4.01. The van der Waals surface area contributed by atoms with E-state index in [1.165, 1.54) is 18.5 Å². The molecule has 1 unspecified atom stereocenters. The number of benzene rings is 2. The number of hydrogen-bond donors (Lipinski definition) is 3. The van der Waals surface area contributed by atoms with Gasteiger partial charge in [0.15, 0.2) is 0 Å². The number of anilines is 2. The zero-order valence-corrected chi connectivity index (χ0v) is 17.3. The number of para-hydroxylation sites is 1. The first-order valence-corrected chi connectivity index (χ1v) is 10.2. The lowest BCUT2D eigenvalue weighted by Crippen LogP contribution is -2.41. The van der Waals surface area contributed by atoms with E-state index < -0.39 is 5.82 Å². The maximum absolute atomic E-state index is 14.9. The Morgan fingerprint density at radius 3 is 2.78 bits per heavy atom. The second-order valence-electron chi connectivity index (χ2n) is 7.50. The van der Waals surface area contributed by atoms with Crippen LogP contribution in [-0.4, -0.2) is 46.1 Å². The third kappa shape index (κ3) is 4.66. The van der Waals surface area contributed by atoms with Crippen molar-refractivity contribution in [1.29, 1.82) is 5.41 Å². The number of amides is 1. The first-order chi connectivity index (χ1) is 15.5. The van der Waals surface area contributed by atoms with E-state index in [0.717, 1.165) is 19.3 Å². The van der Waals surface area contributed by atoms with Gasteiger partial charge < -0.3 is 20.7 Å². The molecule has 0 aliphatic carbocycles. The van der Waals surface area contributed by atoms with Crippen LogP contribution in [0.25, 0.3) is 0 Å². The number of halogens is 1. The lowest BCUT2D eigenvalue weighted by atomic mass is 10.0. The van der Waals surface area contributed by atoms with Crippen LogP contribution in [-0.2, 0) is 4.79 Å². The zero-order valence-electron chi connectivity index (χ0n) is 17.3. The van der Waals surface area contributed by atoms with Gasteiger partial charge in [-0.05, 0) is 37.1 Å². The van der Waals surface area contributed by atoms with Gasteiger partial charge in [-0.1, -0.05) is 18.2 Å². The number of nitrogen functional groups attached to an aromatic ring is 1. The molecule has 0 radical (unpaired) electrons. The molecule has 164 valence electrons. The summed E-state index contributed by atoms with van der Waals surface area (Å²) < 4.78 is 20.6. The molecule has 2 heterocycles. The highest BCUT2D eigenvalue weighted by molar-refractivity contribution is 6.16. The summed E-state index contributed by atoms with van der Waals surface area (Å²) in [5.41, 5.74) is 6.18. The van der Waals surface area contributed by atoms with Crippen LogP contribution < -0.4 is 15.8 Å². The van der Waals surface area contributed by atoms with E-state index in [1.807, 2.05) is 18.2 Å². The summed E-state index contributed by atoms with van der Waals surface area (Å²) in [4.78, 5) is 21.0. The van der Waals surface area contributed by atoms with Crippen LogP contribution in [0.2, 0.25) is 0 Å². The molecule has 1 saturated heterocycles. The predicted molar refractivity (Wildman–Crippen MR) is 120 cm³/mol. The topological polar surface area (TPSA) is 117 Å². The van der Waals surface area contributed by atoms with Gasteiger partial charge in [0.25, 0.3) is 0 Å². The number of ether oxygens (including phenoxy) is 1. The molecular formula is C23H23FN6O2. The lowest BCUT2D eigenvalue weighted by molar-refractivity contribution is -0.119. The van der Waals surface area contributed by atoms with Crippen LogP contribution in [0.3, 0.4) is 0 Å². The maximum Gasteiger partial charge on any atom is 0.209 e. The Labute approximate surface area is 184 Å². The van der Waals surface area contributed by atoms with Gasteiger partial charge in [0, 0.05) is 30.8 Å². The van der Waals surface area contributed by atoms with Crippen molar-refractivity contribution in [1.82, 2.24) is 14.9 Å². The van der Waals surface area contributed by atoms with E-state index in [-0.39, 0.29) is 28.7 Å². The van der Waals surface area contributed by atoms with Crippen LogP contribution in [0.15, 0.2) is 54.9 Å². The summed E-state index contributed by atoms with van der Waals surface area (Å²) in [5, 5.41) is 11.9. The molecule has 1 aliphatic heterocycles. The molecule has 4 N–H and O–H groups in total. The molecule has 9 heteroatoms. The SMILES string of the molecule is N=C(c1ccc(Oc2ccccc2)cc1F)c1c(N)ncnc1NC1CCCN(C=O)C1. The van der Waals surface area contributed by atoms with Crippen molar-refractivity contribution < 1.29 is 13.9 Å². The summed E-state index contributed by atoms with van der Waals surface area (Å²) in [6.45, 7) is 1.22. The monoisotopic (exact) mass is 434 g/mol. The van der Waals surface area contributed by atoms with E-state index in [2.05, 4.69) is 15.3 Å². The number of piperidine rings is 1. The maximum atomic E-state index is 14.9. The normalized spacial score (nSPS) is 15.8. The molecule has 32 heavy (non-hydrogen) atoms. The minimum Gasteiger partial charge on any atom is -0.457 e. The predicted octanol–water partition coefficient (Wildman–Crippen LogP) is 3.44. The van der Waals surface area contributed by atoms with Gasteiger partial charge in [-0.25, -0.2) is 14.4 Å². The number of nitrogens with one attached hydrogen (secondary N) is 2. The van der Waals surface area contributed by atoms with Crippen LogP contribution in [0.4, 0.5) is 16.0 Å².